The van der Waals surface area contributed by atoms with E-state index >= 15 is 0 Å². The van der Waals surface area contributed by atoms with Crippen molar-refractivity contribution in [1.82, 2.24) is 10.3 Å². The van der Waals surface area contributed by atoms with Crippen molar-refractivity contribution < 1.29 is 29.3 Å². The average molecular weight is 558 g/mol. The fourth-order valence-corrected chi connectivity index (χ4v) is 4.79. The Labute approximate surface area is 238 Å². The number of aldehydes is 1. The van der Waals surface area contributed by atoms with Gasteiger partial charge in [0, 0.05) is 23.1 Å². The maximum atomic E-state index is 12.5. The summed E-state index contributed by atoms with van der Waals surface area (Å²) in [5.74, 6) is -1.38. The monoisotopic (exact) mass is 557 g/mol. The van der Waals surface area contributed by atoms with Gasteiger partial charge in [0.2, 0.25) is 0 Å². The third-order valence-electron chi connectivity index (χ3n) is 7.47. The summed E-state index contributed by atoms with van der Waals surface area (Å²) in [5, 5.41) is 22.8. The normalized spacial score (nSPS) is 15.6. The maximum absolute atomic E-state index is 12.5. The first-order valence-corrected chi connectivity index (χ1v) is 13.6. The molecule has 1 aromatic heterocycles. The van der Waals surface area contributed by atoms with Crippen LogP contribution in [-0.4, -0.2) is 46.0 Å². The summed E-state index contributed by atoms with van der Waals surface area (Å²) in [5.41, 5.74) is 11.2. The van der Waals surface area contributed by atoms with Gasteiger partial charge < -0.3 is 31.0 Å². The van der Waals surface area contributed by atoms with Gasteiger partial charge in [-0.1, -0.05) is 56.7 Å². The number of phenolic OH excluding ortho intramolecular Hbond substituents is 1. The van der Waals surface area contributed by atoms with E-state index in [1.165, 1.54) is 28.8 Å². The minimum atomic E-state index is -0.913. The molecule has 214 valence electrons. The Bertz CT molecular complexity index is 1530. The number of aromatic nitrogens is 1. The van der Waals surface area contributed by atoms with Gasteiger partial charge in [0.1, 0.15) is 18.4 Å². The number of fused-ring (bicyclic) bond motifs is 3. The second-order valence-electron chi connectivity index (χ2n) is 10.2. The highest BCUT2D eigenvalue weighted by atomic mass is 16.5. The van der Waals surface area contributed by atoms with Crippen LogP contribution in [0.2, 0.25) is 0 Å². The number of nitrogens with one attached hydrogen (secondary N) is 2. The Kier molecular flexibility index (Phi) is 9.54. The van der Waals surface area contributed by atoms with Crippen LogP contribution in [0.15, 0.2) is 66.7 Å². The van der Waals surface area contributed by atoms with Crippen molar-refractivity contribution >= 4 is 29.1 Å². The summed E-state index contributed by atoms with van der Waals surface area (Å²) in [6.07, 6.45) is 2.36. The summed E-state index contributed by atoms with van der Waals surface area (Å²) in [6.45, 7) is 4.66. The number of aromatic amines is 1. The Morgan fingerprint density at radius 3 is 2.51 bits per heavy atom. The molecule has 0 radical (unpaired) electrons. The largest absolute Gasteiger partial charge is 0.507 e. The molecular formula is C32H35N3O6. The van der Waals surface area contributed by atoms with E-state index in [9.17, 15) is 19.5 Å². The number of aromatic hydroxyl groups is 1. The fraction of sp³-hybridized carbons (Fsp3) is 0.281. The van der Waals surface area contributed by atoms with Gasteiger partial charge in [-0.3, -0.25) is 9.59 Å². The molecule has 6 N–H and O–H groups in total. The number of hydrogen-bond donors (Lipinski definition) is 5. The lowest BCUT2D eigenvalue weighted by atomic mass is 9.94. The van der Waals surface area contributed by atoms with E-state index in [4.69, 9.17) is 15.6 Å². The summed E-state index contributed by atoms with van der Waals surface area (Å²) in [7, 11) is 0. The van der Waals surface area contributed by atoms with Crippen molar-refractivity contribution in [2.45, 2.75) is 45.4 Å². The van der Waals surface area contributed by atoms with Crippen LogP contribution in [0.25, 0.3) is 10.9 Å². The maximum Gasteiger partial charge on any atom is 0.338 e. The number of carbonyl (C=O) groups excluding carboxylic acids is 2. The first kappa shape index (κ1) is 29.5. The average Bonchev–Trinajstić information content (AvgIpc) is 3.39. The number of benzene rings is 3. The van der Waals surface area contributed by atoms with Crippen molar-refractivity contribution in [3.63, 3.8) is 0 Å². The van der Waals surface area contributed by atoms with E-state index in [1.807, 2.05) is 32.0 Å². The molecule has 1 aliphatic heterocycles. The van der Waals surface area contributed by atoms with Crippen LogP contribution in [0, 0.1) is 5.92 Å². The van der Waals surface area contributed by atoms with Gasteiger partial charge in [-0.05, 0) is 59.4 Å². The second kappa shape index (κ2) is 13.3. The molecule has 0 amide bonds. The molecule has 0 saturated carbocycles. The Morgan fingerprint density at radius 1 is 1.12 bits per heavy atom. The number of H-pyrrole nitrogens is 1. The topological polar surface area (TPSA) is 155 Å². The first-order chi connectivity index (χ1) is 19.7. The van der Waals surface area contributed by atoms with E-state index in [0.717, 1.165) is 30.5 Å². The van der Waals surface area contributed by atoms with Crippen molar-refractivity contribution in [3.05, 3.63) is 100 Å². The molecule has 0 spiro atoms. The molecule has 1 unspecified atom stereocenters. The van der Waals surface area contributed by atoms with Crippen LogP contribution in [0.5, 0.6) is 5.75 Å². The molecule has 0 saturated heterocycles. The lowest BCUT2D eigenvalue weighted by Crippen LogP contribution is -2.36. The molecule has 0 fully saturated rings. The SMILES string of the molecule is CC[C@H](C)[C@H](N)C(=O)O.O=Cc1cc(COC(=O)c2ccc(C3NCCc4c3[nH]c3ccccc43)cc2)ccc1O. The van der Waals surface area contributed by atoms with E-state index in [2.05, 4.69) is 28.5 Å². The lowest BCUT2D eigenvalue weighted by Gasteiger charge is -2.25. The van der Waals surface area contributed by atoms with Crippen molar-refractivity contribution in [2.24, 2.45) is 11.7 Å². The van der Waals surface area contributed by atoms with Crippen LogP contribution in [0.1, 0.15) is 69.4 Å². The quantitative estimate of drug-likeness (QED) is 0.154. The summed E-state index contributed by atoms with van der Waals surface area (Å²) >= 11 is 0. The van der Waals surface area contributed by atoms with E-state index in [-0.39, 0.29) is 29.9 Å². The molecule has 41 heavy (non-hydrogen) atoms. The molecule has 4 aromatic rings. The molecule has 3 atom stereocenters. The zero-order chi connectivity index (χ0) is 29.5. The van der Waals surface area contributed by atoms with Crippen LogP contribution in [0.4, 0.5) is 0 Å². The highest BCUT2D eigenvalue weighted by Crippen LogP contribution is 2.33. The van der Waals surface area contributed by atoms with Crippen LogP contribution in [0.3, 0.4) is 0 Å². The Morgan fingerprint density at radius 2 is 1.85 bits per heavy atom. The van der Waals surface area contributed by atoms with Gasteiger partial charge in [0.05, 0.1) is 17.2 Å². The molecule has 2 heterocycles. The van der Waals surface area contributed by atoms with Gasteiger partial charge >= 0.3 is 11.9 Å². The number of aliphatic carboxylic acids is 1. The predicted octanol–water partition coefficient (Wildman–Crippen LogP) is 4.72. The molecule has 9 nitrogen and oxygen atoms in total. The number of nitrogens with two attached hydrogens (primary N) is 1. The van der Waals surface area contributed by atoms with Gasteiger partial charge in [0.25, 0.3) is 0 Å². The molecule has 0 bridgehead atoms. The van der Waals surface area contributed by atoms with E-state index < -0.39 is 18.0 Å². The molecule has 0 aliphatic carbocycles. The number of esters is 1. The number of ether oxygens (including phenoxy) is 1. The number of carboxylic acid groups (broad SMARTS) is 1. The number of phenols is 1. The number of para-hydroxylation sites is 1. The van der Waals surface area contributed by atoms with Gasteiger partial charge in [0.15, 0.2) is 6.29 Å². The third-order valence-corrected chi connectivity index (χ3v) is 7.47. The number of carbonyl (C=O) groups is 3. The minimum Gasteiger partial charge on any atom is -0.507 e. The highest BCUT2D eigenvalue weighted by Gasteiger charge is 2.25. The van der Waals surface area contributed by atoms with Crippen molar-refractivity contribution in [3.8, 4) is 5.75 Å². The number of rotatable bonds is 8. The standard InChI is InChI=1S/C26H22N2O4.C6H13NO2/c29-14-19-13-16(5-10-23(19)30)15-32-26(31)18-8-6-17(7-9-18)24-25-21(11-12-27-24)20-3-1-2-4-22(20)28-25;1-3-4(2)5(7)6(8)9/h1-10,13-14,24,27-28,30H,11-12,15H2;4-5H,3,7H2,1-2H3,(H,8,9)/t;4-,5-/m.0/s1. The fourth-order valence-electron chi connectivity index (χ4n) is 4.79. The molecular weight excluding hydrogens is 522 g/mol. The van der Waals surface area contributed by atoms with E-state index in [1.54, 1.807) is 18.2 Å². The summed E-state index contributed by atoms with van der Waals surface area (Å²) in [4.78, 5) is 37.2. The molecule has 9 heteroatoms. The first-order valence-electron chi connectivity index (χ1n) is 13.6. The number of hydrogen-bond acceptors (Lipinski definition) is 7. The van der Waals surface area contributed by atoms with Crippen molar-refractivity contribution in [1.29, 1.82) is 0 Å². The van der Waals surface area contributed by atoms with Crippen LogP contribution in [-0.2, 0) is 22.6 Å². The Hall–Kier alpha value is -4.47. The zero-order valence-electron chi connectivity index (χ0n) is 23.1. The lowest BCUT2D eigenvalue weighted by molar-refractivity contribution is -0.139. The summed E-state index contributed by atoms with van der Waals surface area (Å²) in [6, 6.07) is 19.6. The summed E-state index contributed by atoms with van der Waals surface area (Å²) < 4.78 is 5.38. The number of carboxylic acids is 1. The smallest absolute Gasteiger partial charge is 0.338 e. The van der Waals surface area contributed by atoms with Crippen LogP contribution < -0.4 is 11.1 Å². The second-order valence-corrected chi connectivity index (χ2v) is 10.2. The zero-order valence-corrected chi connectivity index (χ0v) is 23.1. The molecule has 1 aliphatic rings. The predicted molar refractivity (Wildman–Crippen MR) is 156 cm³/mol. The molecule has 3 aromatic carbocycles. The minimum absolute atomic E-state index is 0.0182. The van der Waals surface area contributed by atoms with Gasteiger partial charge in [-0.25, -0.2) is 4.79 Å². The molecule has 5 rings (SSSR count). The third kappa shape index (κ3) is 6.82. The van der Waals surface area contributed by atoms with E-state index in [0.29, 0.717) is 17.4 Å². The van der Waals surface area contributed by atoms with Gasteiger partial charge in [-0.2, -0.15) is 0 Å². The Balaban J connectivity index is 0.000000374. The van der Waals surface area contributed by atoms with Crippen molar-refractivity contribution in [2.75, 3.05) is 6.54 Å². The highest BCUT2D eigenvalue weighted by molar-refractivity contribution is 5.89. The van der Waals surface area contributed by atoms with Gasteiger partial charge in [-0.15, -0.1) is 0 Å². The van der Waals surface area contributed by atoms with Crippen LogP contribution >= 0.6 is 0 Å².